The molecule has 0 radical (unpaired) electrons. The number of carbonyl (C=O) groups is 2. The first-order chi connectivity index (χ1) is 8.08. The van der Waals surface area contributed by atoms with E-state index in [1.165, 1.54) is 0 Å². The second kappa shape index (κ2) is 6.79. The van der Waals surface area contributed by atoms with Gasteiger partial charge in [-0.3, -0.25) is 10.1 Å². The van der Waals surface area contributed by atoms with Crippen LogP contribution in [0.5, 0.6) is 0 Å². The summed E-state index contributed by atoms with van der Waals surface area (Å²) >= 11 is 1.11. The molecule has 0 saturated carbocycles. The SMILES string of the molecule is Cc1nsc(NC(=O)NCCCCC(=O)O)n1. The molecule has 94 valence electrons. The molecule has 1 rings (SSSR count). The number of aryl methyl sites for hydroxylation is 1. The average Bonchev–Trinajstić information content (AvgIpc) is 2.63. The number of unbranched alkanes of at least 4 members (excludes halogenated alkanes) is 1. The minimum absolute atomic E-state index is 0.124. The summed E-state index contributed by atoms with van der Waals surface area (Å²) in [6, 6.07) is -0.350. The number of hydrogen-bond acceptors (Lipinski definition) is 5. The molecule has 1 aromatic rings. The predicted octanol–water partition coefficient (Wildman–Crippen LogP) is 1.22. The molecule has 3 N–H and O–H groups in total. The molecule has 17 heavy (non-hydrogen) atoms. The van der Waals surface area contributed by atoms with E-state index in [-0.39, 0.29) is 12.5 Å². The van der Waals surface area contributed by atoms with Crippen molar-refractivity contribution >= 4 is 28.7 Å². The maximum atomic E-state index is 11.3. The predicted molar refractivity (Wildman–Crippen MR) is 63.2 cm³/mol. The van der Waals surface area contributed by atoms with E-state index >= 15 is 0 Å². The van der Waals surface area contributed by atoms with Crippen LogP contribution in [0.15, 0.2) is 0 Å². The summed E-state index contributed by atoms with van der Waals surface area (Å²) in [6.07, 6.45) is 1.31. The number of hydrogen-bond donors (Lipinski definition) is 3. The average molecular weight is 258 g/mol. The van der Waals surface area contributed by atoms with Gasteiger partial charge in [-0.2, -0.15) is 4.37 Å². The largest absolute Gasteiger partial charge is 0.481 e. The first kappa shape index (κ1) is 13.4. The summed E-state index contributed by atoms with van der Waals surface area (Å²) in [4.78, 5) is 25.5. The number of carbonyl (C=O) groups excluding carboxylic acids is 1. The molecular formula is C9H14N4O3S. The molecule has 0 aliphatic carbocycles. The van der Waals surface area contributed by atoms with Crippen molar-refractivity contribution in [2.75, 3.05) is 11.9 Å². The van der Waals surface area contributed by atoms with Crippen molar-refractivity contribution in [2.45, 2.75) is 26.2 Å². The van der Waals surface area contributed by atoms with Crippen molar-refractivity contribution in [3.63, 3.8) is 0 Å². The number of rotatable bonds is 6. The number of aliphatic carboxylic acids is 1. The normalized spacial score (nSPS) is 9.94. The summed E-state index contributed by atoms with van der Waals surface area (Å²) in [5.41, 5.74) is 0. The van der Waals surface area contributed by atoms with E-state index < -0.39 is 5.97 Å². The van der Waals surface area contributed by atoms with Crippen molar-refractivity contribution in [1.82, 2.24) is 14.7 Å². The minimum Gasteiger partial charge on any atom is -0.481 e. The third kappa shape index (κ3) is 5.81. The summed E-state index contributed by atoms with van der Waals surface area (Å²) in [5, 5.41) is 14.0. The zero-order chi connectivity index (χ0) is 12.7. The first-order valence-corrected chi connectivity index (χ1v) is 5.92. The van der Waals surface area contributed by atoms with Gasteiger partial charge in [-0.1, -0.05) is 0 Å². The quantitative estimate of drug-likeness (QED) is 0.665. The van der Waals surface area contributed by atoms with Crippen LogP contribution in [0.1, 0.15) is 25.1 Å². The fourth-order valence-corrected chi connectivity index (χ4v) is 1.66. The molecule has 0 aliphatic rings. The van der Waals surface area contributed by atoms with Gasteiger partial charge < -0.3 is 10.4 Å². The van der Waals surface area contributed by atoms with E-state index in [2.05, 4.69) is 20.0 Å². The van der Waals surface area contributed by atoms with Crippen LogP contribution in [-0.2, 0) is 4.79 Å². The van der Waals surface area contributed by atoms with E-state index in [9.17, 15) is 9.59 Å². The molecule has 0 atom stereocenters. The van der Waals surface area contributed by atoms with Crippen LogP contribution in [0.3, 0.4) is 0 Å². The van der Waals surface area contributed by atoms with Crippen LogP contribution >= 0.6 is 11.5 Å². The Morgan fingerprint density at radius 3 is 2.76 bits per heavy atom. The fourth-order valence-electron chi connectivity index (χ4n) is 1.09. The van der Waals surface area contributed by atoms with Crippen molar-refractivity contribution in [3.8, 4) is 0 Å². The molecular weight excluding hydrogens is 244 g/mol. The zero-order valence-electron chi connectivity index (χ0n) is 9.39. The van der Waals surface area contributed by atoms with Gasteiger partial charge in [0, 0.05) is 24.5 Å². The highest BCUT2D eigenvalue weighted by Gasteiger charge is 2.05. The zero-order valence-corrected chi connectivity index (χ0v) is 10.2. The van der Waals surface area contributed by atoms with E-state index in [0.29, 0.717) is 30.3 Å². The summed E-state index contributed by atoms with van der Waals surface area (Å²) in [5.74, 6) is -0.203. The van der Waals surface area contributed by atoms with E-state index in [1.807, 2.05) is 0 Å². The minimum atomic E-state index is -0.821. The monoisotopic (exact) mass is 258 g/mol. The van der Waals surface area contributed by atoms with Crippen LogP contribution in [0.4, 0.5) is 9.93 Å². The van der Waals surface area contributed by atoms with Gasteiger partial charge in [0.15, 0.2) is 0 Å². The lowest BCUT2D eigenvalue weighted by Crippen LogP contribution is -2.29. The second-order valence-corrected chi connectivity index (χ2v) is 4.13. The lowest BCUT2D eigenvalue weighted by atomic mass is 10.2. The smallest absolute Gasteiger partial charge is 0.321 e. The molecule has 0 saturated heterocycles. The fraction of sp³-hybridized carbons (Fsp3) is 0.556. The molecule has 8 heteroatoms. The lowest BCUT2D eigenvalue weighted by molar-refractivity contribution is -0.137. The molecule has 0 unspecified atom stereocenters. The van der Waals surface area contributed by atoms with Crippen LogP contribution in [0.25, 0.3) is 0 Å². The van der Waals surface area contributed by atoms with Crippen molar-refractivity contribution in [1.29, 1.82) is 0 Å². The number of nitrogens with one attached hydrogen (secondary N) is 2. The number of urea groups is 1. The summed E-state index contributed by atoms with van der Waals surface area (Å²) < 4.78 is 3.92. The van der Waals surface area contributed by atoms with Crippen LogP contribution in [0.2, 0.25) is 0 Å². The maximum Gasteiger partial charge on any atom is 0.321 e. The van der Waals surface area contributed by atoms with Crippen LogP contribution in [-0.4, -0.2) is 33.0 Å². The lowest BCUT2D eigenvalue weighted by Gasteiger charge is -2.03. The summed E-state index contributed by atoms with van der Waals surface area (Å²) in [7, 11) is 0. The Morgan fingerprint density at radius 2 is 2.18 bits per heavy atom. The molecule has 0 fully saturated rings. The van der Waals surface area contributed by atoms with Crippen LogP contribution in [0, 0.1) is 6.92 Å². The number of carboxylic acids is 1. The molecule has 2 amide bonds. The molecule has 0 bridgehead atoms. The number of nitrogens with zero attached hydrogens (tertiary/aromatic N) is 2. The highest BCUT2D eigenvalue weighted by molar-refractivity contribution is 7.09. The van der Waals surface area contributed by atoms with Crippen molar-refractivity contribution < 1.29 is 14.7 Å². The first-order valence-electron chi connectivity index (χ1n) is 5.15. The third-order valence-electron chi connectivity index (χ3n) is 1.85. The number of amides is 2. The van der Waals surface area contributed by atoms with E-state index in [1.54, 1.807) is 6.92 Å². The van der Waals surface area contributed by atoms with Gasteiger partial charge in [-0.15, -0.1) is 0 Å². The van der Waals surface area contributed by atoms with Crippen LogP contribution < -0.4 is 10.6 Å². The van der Waals surface area contributed by atoms with E-state index in [0.717, 1.165) is 11.5 Å². The standard InChI is InChI=1S/C9H14N4O3S/c1-6-11-9(17-13-6)12-8(16)10-5-3-2-4-7(14)15/h2-5H2,1H3,(H,14,15)(H2,10,11,12,13,16). The molecule has 0 aromatic carbocycles. The Balaban J connectivity index is 2.11. The molecule has 1 aromatic heterocycles. The van der Waals surface area contributed by atoms with E-state index in [4.69, 9.17) is 5.11 Å². The Kier molecular flexibility index (Phi) is 5.34. The second-order valence-electron chi connectivity index (χ2n) is 3.38. The Hall–Kier alpha value is -1.70. The van der Waals surface area contributed by atoms with Gasteiger partial charge in [-0.05, 0) is 19.8 Å². The number of anilines is 1. The van der Waals surface area contributed by atoms with Gasteiger partial charge in [0.25, 0.3) is 0 Å². The molecule has 0 aliphatic heterocycles. The maximum absolute atomic E-state index is 11.3. The number of aromatic nitrogens is 2. The van der Waals surface area contributed by atoms with Gasteiger partial charge in [0.2, 0.25) is 5.13 Å². The third-order valence-corrected chi connectivity index (χ3v) is 2.57. The van der Waals surface area contributed by atoms with Gasteiger partial charge in [-0.25, -0.2) is 9.78 Å². The highest BCUT2D eigenvalue weighted by atomic mass is 32.1. The highest BCUT2D eigenvalue weighted by Crippen LogP contribution is 2.09. The van der Waals surface area contributed by atoms with Gasteiger partial charge >= 0.3 is 12.0 Å². The Bertz CT molecular complexity index is 393. The molecule has 0 spiro atoms. The summed E-state index contributed by atoms with van der Waals surface area (Å²) in [6.45, 7) is 2.18. The van der Waals surface area contributed by atoms with Gasteiger partial charge in [0.1, 0.15) is 5.82 Å². The van der Waals surface area contributed by atoms with Crippen molar-refractivity contribution in [2.24, 2.45) is 0 Å². The number of carboxylic acid groups (broad SMARTS) is 1. The Morgan fingerprint density at radius 1 is 1.41 bits per heavy atom. The Labute approximate surface area is 102 Å². The van der Waals surface area contributed by atoms with Crippen molar-refractivity contribution in [3.05, 3.63) is 5.82 Å². The molecule has 1 heterocycles. The molecule has 7 nitrogen and oxygen atoms in total. The topological polar surface area (TPSA) is 104 Å². The van der Waals surface area contributed by atoms with Gasteiger partial charge in [0.05, 0.1) is 0 Å².